The van der Waals surface area contributed by atoms with Crippen LogP contribution in [0.1, 0.15) is 18.7 Å². The lowest BCUT2D eigenvalue weighted by molar-refractivity contribution is -0.119. The van der Waals surface area contributed by atoms with Crippen molar-refractivity contribution in [3.63, 3.8) is 0 Å². The number of rotatable bonds is 5. The lowest BCUT2D eigenvalue weighted by Crippen LogP contribution is -2.43. The van der Waals surface area contributed by atoms with Gasteiger partial charge in [0.05, 0.1) is 11.3 Å². The van der Waals surface area contributed by atoms with Gasteiger partial charge in [0.2, 0.25) is 17.6 Å². The molecule has 0 unspecified atom stereocenters. The quantitative estimate of drug-likeness (QED) is 0.825. The molecule has 3 heterocycles. The third kappa shape index (κ3) is 4.33. The first-order valence-corrected chi connectivity index (χ1v) is 8.97. The number of hydrogen-bond acceptors (Lipinski definition) is 7. The van der Waals surface area contributed by atoms with Crippen LogP contribution in [0.4, 0.5) is 0 Å². The van der Waals surface area contributed by atoms with Crippen LogP contribution in [0.15, 0.2) is 27.9 Å². The number of carbonyl (C=O) groups excluding carboxylic acids is 1. The predicted octanol–water partition coefficient (Wildman–Crippen LogP) is 1.74. The van der Waals surface area contributed by atoms with Crippen molar-refractivity contribution >= 4 is 17.7 Å². The number of aromatic nitrogens is 3. The van der Waals surface area contributed by atoms with Crippen molar-refractivity contribution < 1.29 is 9.32 Å². The largest absolute Gasteiger partial charge is 0.353 e. The van der Waals surface area contributed by atoms with Crippen LogP contribution in [0, 0.1) is 6.92 Å². The lowest BCUT2D eigenvalue weighted by atomic mass is 10.1. The molecule has 0 aliphatic carbocycles. The molecule has 24 heavy (non-hydrogen) atoms. The Balaban J connectivity index is 1.58. The molecule has 1 aliphatic heterocycles. The maximum absolute atomic E-state index is 12.2. The van der Waals surface area contributed by atoms with Gasteiger partial charge in [-0.2, -0.15) is 4.98 Å². The molecule has 7 nitrogen and oxygen atoms in total. The molecular formula is C16H21N5O2S. The van der Waals surface area contributed by atoms with Crippen LogP contribution >= 0.6 is 11.8 Å². The van der Waals surface area contributed by atoms with Crippen LogP contribution in [-0.2, 0) is 4.79 Å². The molecule has 0 aromatic carbocycles. The molecule has 2 aromatic rings. The van der Waals surface area contributed by atoms with E-state index < -0.39 is 0 Å². The standard InChI is InChI=1S/C16H21N5O2S/c1-11-18-15(20-23-11)13-4-3-7-17-16(13)24-10-14(22)19-12-5-8-21(2)9-6-12/h3-4,7,12H,5-6,8-10H2,1-2H3,(H,19,22). The monoisotopic (exact) mass is 347 g/mol. The number of hydrogen-bond donors (Lipinski definition) is 1. The molecule has 1 aliphatic rings. The topological polar surface area (TPSA) is 84.2 Å². The van der Waals surface area contributed by atoms with Gasteiger partial charge in [0, 0.05) is 19.2 Å². The second-order valence-electron chi connectivity index (χ2n) is 5.93. The van der Waals surface area contributed by atoms with E-state index in [0.717, 1.165) is 36.5 Å². The van der Waals surface area contributed by atoms with Crippen LogP contribution in [0.2, 0.25) is 0 Å². The van der Waals surface area contributed by atoms with Crippen molar-refractivity contribution in [3.05, 3.63) is 24.2 Å². The normalized spacial score (nSPS) is 16.2. The Morgan fingerprint density at radius 1 is 1.46 bits per heavy atom. The second-order valence-corrected chi connectivity index (χ2v) is 6.89. The number of amides is 1. The zero-order chi connectivity index (χ0) is 16.9. The molecule has 0 bridgehead atoms. The fraction of sp³-hybridized carbons (Fsp3) is 0.500. The van der Waals surface area contributed by atoms with E-state index in [1.165, 1.54) is 11.8 Å². The van der Waals surface area contributed by atoms with Crippen LogP contribution in [0.3, 0.4) is 0 Å². The summed E-state index contributed by atoms with van der Waals surface area (Å²) in [5.74, 6) is 1.37. The number of likely N-dealkylation sites (tertiary alicyclic amines) is 1. The molecule has 0 atom stereocenters. The fourth-order valence-electron chi connectivity index (χ4n) is 2.64. The SMILES string of the molecule is Cc1nc(-c2cccnc2SCC(=O)NC2CCN(C)CC2)no1. The maximum atomic E-state index is 12.2. The number of pyridine rings is 1. The van der Waals surface area contributed by atoms with Crippen LogP contribution in [0.5, 0.6) is 0 Å². The van der Waals surface area contributed by atoms with Crippen molar-refractivity contribution in [2.24, 2.45) is 0 Å². The first-order valence-electron chi connectivity index (χ1n) is 7.98. The third-order valence-corrected chi connectivity index (χ3v) is 4.97. The second kappa shape index (κ2) is 7.76. The van der Waals surface area contributed by atoms with Gasteiger partial charge in [0.1, 0.15) is 5.03 Å². The van der Waals surface area contributed by atoms with Crippen LogP contribution in [0.25, 0.3) is 11.4 Å². The Morgan fingerprint density at radius 2 is 2.25 bits per heavy atom. The number of aryl methyl sites for hydroxylation is 1. The molecule has 1 amide bonds. The Bertz CT molecular complexity index is 697. The van der Waals surface area contributed by atoms with E-state index in [-0.39, 0.29) is 11.9 Å². The Hall–Kier alpha value is -1.93. The highest BCUT2D eigenvalue weighted by Gasteiger charge is 2.19. The van der Waals surface area contributed by atoms with Crippen LogP contribution in [-0.4, -0.2) is 57.9 Å². The smallest absolute Gasteiger partial charge is 0.230 e. The molecule has 8 heteroatoms. The highest BCUT2D eigenvalue weighted by Crippen LogP contribution is 2.27. The van der Waals surface area contributed by atoms with E-state index in [2.05, 4.69) is 32.4 Å². The van der Waals surface area contributed by atoms with Gasteiger partial charge in [-0.15, -0.1) is 0 Å². The van der Waals surface area contributed by atoms with Gasteiger partial charge in [-0.05, 0) is 45.1 Å². The van der Waals surface area contributed by atoms with E-state index >= 15 is 0 Å². The molecular weight excluding hydrogens is 326 g/mol. The van der Waals surface area contributed by atoms with Gasteiger partial charge >= 0.3 is 0 Å². The van der Waals surface area contributed by atoms with E-state index in [9.17, 15) is 4.79 Å². The molecule has 1 saturated heterocycles. The van der Waals surface area contributed by atoms with Gasteiger partial charge in [0.15, 0.2) is 0 Å². The van der Waals surface area contributed by atoms with E-state index in [1.54, 1.807) is 13.1 Å². The van der Waals surface area contributed by atoms with Crippen molar-refractivity contribution in [1.82, 2.24) is 25.3 Å². The van der Waals surface area contributed by atoms with E-state index in [1.807, 2.05) is 12.1 Å². The zero-order valence-corrected chi connectivity index (χ0v) is 14.7. The maximum Gasteiger partial charge on any atom is 0.230 e. The summed E-state index contributed by atoms with van der Waals surface area (Å²) in [7, 11) is 2.11. The molecule has 0 radical (unpaired) electrons. The van der Waals surface area contributed by atoms with Crippen molar-refractivity contribution in [2.75, 3.05) is 25.9 Å². The number of piperidine rings is 1. The highest BCUT2D eigenvalue weighted by molar-refractivity contribution is 8.00. The lowest BCUT2D eigenvalue weighted by Gasteiger charge is -2.29. The van der Waals surface area contributed by atoms with Gasteiger partial charge in [-0.25, -0.2) is 4.98 Å². The molecule has 128 valence electrons. The molecule has 0 saturated carbocycles. The summed E-state index contributed by atoms with van der Waals surface area (Å²) in [4.78, 5) is 23.1. The molecule has 1 N–H and O–H groups in total. The predicted molar refractivity (Wildman–Crippen MR) is 91.7 cm³/mol. The summed E-state index contributed by atoms with van der Waals surface area (Å²) in [6.45, 7) is 3.80. The average Bonchev–Trinajstić information content (AvgIpc) is 3.02. The Labute approximate surface area is 145 Å². The van der Waals surface area contributed by atoms with E-state index in [0.29, 0.717) is 17.5 Å². The third-order valence-electron chi connectivity index (χ3n) is 3.96. The number of nitrogens with one attached hydrogen (secondary N) is 1. The number of carbonyl (C=O) groups is 1. The minimum absolute atomic E-state index is 0.0375. The van der Waals surface area contributed by atoms with Crippen molar-refractivity contribution in [2.45, 2.75) is 30.8 Å². The first-order chi connectivity index (χ1) is 11.6. The summed E-state index contributed by atoms with van der Waals surface area (Å²) >= 11 is 1.39. The van der Waals surface area contributed by atoms with Gasteiger partial charge in [-0.1, -0.05) is 16.9 Å². The number of nitrogens with zero attached hydrogens (tertiary/aromatic N) is 4. The molecule has 1 fully saturated rings. The van der Waals surface area contributed by atoms with Gasteiger partial charge in [0.25, 0.3) is 0 Å². The summed E-state index contributed by atoms with van der Waals surface area (Å²) in [5.41, 5.74) is 0.784. The number of thioether (sulfide) groups is 1. The fourth-order valence-corrected chi connectivity index (χ4v) is 3.44. The van der Waals surface area contributed by atoms with Gasteiger partial charge < -0.3 is 14.7 Å². The summed E-state index contributed by atoms with van der Waals surface area (Å²) in [6, 6.07) is 3.98. The highest BCUT2D eigenvalue weighted by atomic mass is 32.2. The minimum atomic E-state index is 0.0375. The summed E-state index contributed by atoms with van der Waals surface area (Å²) < 4.78 is 5.03. The molecule has 2 aromatic heterocycles. The van der Waals surface area contributed by atoms with Crippen molar-refractivity contribution in [3.8, 4) is 11.4 Å². The Morgan fingerprint density at radius 3 is 2.96 bits per heavy atom. The average molecular weight is 347 g/mol. The van der Waals surface area contributed by atoms with E-state index in [4.69, 9.17) is 4.52 Å². The summed E-state index contributed by atoms with van der Waals surface area (Å²) in [6.07, 6.45) is 3.71. The summed E-state index contributed by atoms with van der Waals surface area (Å²) in [5, 5.41) is 7.77. The van der Waals surface area contributed by atoms with Crippen LogP contribution < -0.4 is 5.32 Å². The Kier molecular flexibility index (Phi) is 5.47. The molecule has 0 spiro atoms. The zero-order valence-electron chi connectivity index (χ0n) is 13.9. The minimum Gasteiger partial charge on any atom is -0.353 e. The van der Waals surface area contributed by atoms with Crippen molar-refractivity contribution in [1.29, 1.82) is 0 Å². The molecule has 3 rings (SSSR count). The van der Waals surface area contributed by atoms with Gasteiger partial charge in [-0.3, -0.25) is 4.79 Å². The first kappa shape index (κ1) is 16.9.